The van der Waals surface area contributed by atoms with E-state index in [9.17, 15) is 4.79 Å². The molecule has 1 fully saturated rings. The van der Waals surface area contributed by atoms with Crippen LogP contribution in [0.2, 0.25) is 0 Å². The van der Waals surface area contributed by atoms with Gasteiger partial charge in [-0.25, -0.2) is 0 Å². The van der Waals surface area contributed by atoms with Crippen molar-refractivity contribution in [2.45, 2.75) is 58.2 Å². The van der Waals surface area contributed by atoms with Gasteiger partial charge >= 0.3 is 0 Å². The summed E-state index contributed by atoms with van der Waals surface area (Å²) in [6, 6.07) is 0. The first kappa shape index (κ1) is 20.1. The number of aromatic nitrogens is 3. The van der Waals surface area contributed by atoms with Crippen LogP contribution in [-0.4, -0.2) is 26.2 Å². The van der Waals surface area contributed by atoms with E-state index in [0.29, 0.717) is 6.54 Å². The molecule has 1 aromatic heterocycles. The third kappa shape index (κ3) is 4.83. The number of nitrogens with two attached hydrogens (primary N) is 1. The van der Waals surface area contributed by atoms with Gasteiger partial charge in [0.2, 0.25) is 5.91 Å². The summed E-state index contributed by atoms with van der Waals surface area (Å²) in [4.78, 5) is 12.3. The number of nitrogens with one attached hydrogen (secondary N) is 1. The molecule has 1 aromatic rings. The first-order chi connectivity index (χ1) is 9.04. The van der Waals surface area contributed by atoms with Gasteiger partial charge in [-0.05, 0) is 26.7 Å². The summed E-state index contributed by atoms with van der Waals surface area (Å²) in [5, 5.41) is 10.8. The van der Waals surface area contributed by atoms with Crippen LogP contribution >= 0.6 is 24.8 Å². The lowest BCUT2D eigenvalue weighted by atomic mass is 9.74. The largest absolute Gasteiger partial charge is 0.348 e. The molecule has 21 heavy (non-hydrogen) atoms. The number of halogens is 2. The molecule has 2 rings (SSSR count). The van der Waals surface area contributed by atoms with Crippen molar-refractivity contribution in [3.63, 3.8) is 0 Å². The van der Waals surface area contributed by atoms with E-state index >= 15 is 0 Å². The van der Waals surface area contributed by atoms with Gasteiger partial charge in [0.15, 0.2) is 5.82 Å². The van der Waals surface area contributed by atoms with Gasteiger partial charge in [-0.3, -0.25) is 4.79 Å². The predicted octanol–water partition coefficient (Wildman–Crippen LogP) is 1.67. The van der Waals surface area contributed by atoms with Gasteiger partial charge in [0.25, 0.3) is 0 Å². The highest BCUT2D eigenvalue weighted by molar-refractivity contribution is 5.85. The maximum absolute atomic E-state index is 12.3. The summed E-state index contributed by atoms with van der Waals surface area (Å²) in [6.07, 6.45) is 5.65. The molecule has 2 atom stereocenters. The van der Waals surface area contributed by atoms with E-state index in [0.717, 1.165) is 38.1 Å². The molecule has 2 unspecified atom stereocenters. The molecule has 1 aliphatic rings. The molecule has 3 N–H and O–H groups in total. The van der Waals surface area contributed by atoms with E-state index in [-0.39, 0.29) is 42.2 Å². The van der Waals surface area contributed by atoms with Crippen molar-refractivity contribution in [3.8, 4) is 0 Å². The van der Waals surface area contributed by atoms with Crippen LogP contribution in [0, 0.1) is 5.92 Å². The van der Waals surface area contributed by atoms with Gasteiger partial charge in [0.1, 0.15) is 6.33 Å². The third-order valence-corrected chi connectivity index (χ3v) is 4.03. The number of hydrogen-bond donors (Lipinski definition) is 2. The topological polar surface area (TPSA) is 85.8 Å². The summed E-state index contributed by atoms with van der Waals surface area (Å²) in [6.45, 7) is 5.22. The summed E-state index contributed by atoms with van der Waals surface area (Å²) in [5.41, 5.74) is 5.85. The van der Waals surface area contributed by atoms with Gasteiger partial charge in [-0.2, -0.15) is 0 Å². The van der Waals surface area contributed by atoms with Crippen molar-refractivity contribution in [1.82, 2.24) is 20.1 Å². The van der Waals surface area contributed by atoms with Crippen LogP contribution in [0.4, 0.5) is 0 Å². The molecular weight excluding hydrogens is 313 g/mol. The zero-order valence-electron chi connectivity index (χ0n) is 12.5. The fourth-order valence-electron chi connectivity index (χ4n) is 2.76. The van der Waals surface area contributed by atoms with Crippen LogP contribution in [0.1, 0.15) is 45.4 Å². The maximum atomic E-state index is 12.3. The van der Waals surface area contributed by atoms with Crippen LogP contribution in [-0.2, 0) is 17.9 Å². The zero-order valence-corrected chi connectivity index (χ0v) is 14.2. The van der Waals surface area contributed by atoms with Gasteiger partial charge < -0.3 is 15.6 Å². The van der Waals surface area contributed by atoms with Crippen LogP contribution in [0.15, 0.2) is 6.33 Å². The number of amides is 1. The average Bonchev–Trinajstić information content (AvgIpc) is 2.82. The Morgan fingerprint density at radius 3 is 2.86 bits per heavy atom. The number of nitrogens with zero attached hydrogens (tertiary/aromatic N) is 3. The highest BCUT2D eigenvalue weighted by Gasteiger charge is 2.37. The predicted molar refractivity (Wildman–Crippen MR) is 86.6 cm³/mol. The number of rotatable bonds is 4. The molecule has 1 amide bonds. The molecule has 1 saturated carbocycles. The second-order valence-electron chi connectivity index (χ2n) is 5.56. The first-order valence-electron chi connectivity index (χ1n) is 6.98. The Morgan fingerprint density at radius 1 is 1.52 bits per heavy atom. The highest BCUT2D eigenvalue weighted by atomic mass is 35.5. The molecule has 0 spiro atoms. The first-order valence-corrected chi connectivity index (χ1v) is 6.98. The van der Waals surface area contributed by atoms with Crippen molar-refractivity contribution in [2.75, 3.05) is 0 Å². The molecule has 0 saturated heterocycles. The molecule has 0 aliphatic heterocycles. The van der Waals surface area contributed by atoms with Crippen LogP contribution in [0.25, 0.3) is 0 Å². The van der Waals surface area contributed by atoms with Crippen molar-refractivity contribution in [3.05, 3.63) is 12.2 Å². The van der Waals surface area contributed by atoms with E-state index < -0.39 is 0 Å². The Hall–Kier alpha value is -0.850. The lowest BCUT2D eigenvalue weighted by Gasteiger charge is -2.37. The lowest BCUT2D eigenvalue weighted by Crippen LogP contribution is -2.52. The molecule has 6 nitrogen and oxygen atoms in total. The van der Waals surface area contributed by atoms with Gasteiger partial charge in [0.05, 0.1) is 12.5 Å². The minimum absolute atomic E-state index is 0. The molecule has 1 aliphatic carbocycles. The number of carbonyl (C=O) groups excluding carboxylic acids is 1. The van der Waals surface area contributed by atoms with Crippen LogP contribution < -0.4 is 11.1 Å². The lowest BCUT2D eigenvalue weighted by molar-refractivity contribution is -0.128. The van der Waals surface area contributed by atoms with Crippen LogP contribution in [0.3, 0.4) is 0 Å². The summed E-state index contributed by atoms with van der Waals surface area (Å²) < 4.78 is 1.92. The molecule has 8 heteroatoms. The SMILES string of the molecule is CCn1cnnc1CNC(=O)C1CCCCC1(C)N.Cl.Cl. The fraction of sp³-hybridized carbons (Fsp3) is 0.769. The number of hydrogen-bond acceptors (Lipinski definition) is 4. The maximum Gasteiger partial charge on any atom is 0.225 e. The van der Waals surface area contributed by atoms with Gasteiger partial charge in [-0.1, -0.05) is 12.8 Å². The van der Waals surface area contributed by atoms with Gasteiger partial charge in [0, 0.05) is 12.1 Å². The van der Waals surface area contributed by atoms with Gasteiger partial charge in [-0.15, -0.1) is 35.0 Å². The highest BCUT2D eigenvalue weighted by Crippen LogP contribution is 2.31. The second kappa shape index (κ2) is 8.56. The summed E-state index contributed by atoms with van der Waals surface area (Å²) in [5.74, 6) is 0.722. The molecule has 122 valence electrons. The minimum Gasteiger partial charge on any atom is -0.348 e. The second-order valence-corrected chi connectivity index (χ2v) is 5.56. The third-order valence-electron chi connectivity index (χ3n) is 4.03. The van der Waals surface area contributed by atoms with E-state index in [1.165, 1.54) is 0 Å². The van der Waals surface area contributed by atoms with Crippen LogP contribution in [0.5, 0.6) is 0 Å². The Kier molecular flexibility index (Phi) is 8.21. The Balaban J connectivity index is 0.00000200. The number of aryl methyl sites for hydroxylation is 1. The van der Waals surface area contributed by atoms with Crippen molar-refractivity contribution >= 4 is 30.7 Å². The molecule has 0 bridgehead atoms. The standard InChI is InChI=1S/C13H23N5O.2ClH/c1-3-18-9-16-17-11(18)8-15-12(19)10-6-4-5-7-13(10,2)14;;/h9-10H,3-8,14H2,1-2H3,(H,15,19);2*1H. The van der Waals surface area contributed by atoms with E-state index in [2.05, 4.69) is 15.5 Å². The Labute approximate surface area is 138 Å². The number of carbonyl (C=O) groups is 1. The smallest absolute Gasteiger partial charge is 0.225 e. The van der Waals surface area contributed by atoms with Crippen molar-refractivity contribution < 1.29 is 4.79 Å². The minimum atomic E-state index is -0.388. The molecule has 1 heterocycles. The quantitative estimate of drug-likeness (QED) is 0.874. The normalized spacial score (nSPS) is 24.6. The monoisotopic (exact) mass is 337 g/mol. The summed E-state index contributed by atoms with van der Waals surface area (Å²) >= 11 is 0. The van der Waals surface area contributed by atoms with Crippen molar-refractivity contribution in [2.24, 2.45) is 11.7 Å². The summed E-state index contributed by atoms with van der Waals surface area (Å²) in [7, 11) is 0. The Morgan fingerprint density at radius 2 is 2.24 bits per heavy atom. The van der Waals surface area contributed by atoms with E-state index in [1.54, 1.807) is 6.33 Å². The molecular formula is C13H25Cl2N5O. The van der Waals surface area contributed by atoms with E-state index in [1.807, 2.05) is 18.4 Å². The molecule has 0 radical (unpaired) electrons. The van der Waals surface area contributed by atoms with E-state index in [4.69, 9.17) is 5.73 Å². The molecule has 0 aromatic carbocycles. The van der Waals surface area contributed by atoms with Crippen molar-refractivity contribution in [1.29, 1.82) is 0 Å². The zero-order chi connectivity index (χ0) is 13.9. The average molecular weight is 338 g/mol. The fourth-order valence-corrected chi connectivity index (χ4v) is 2.76. The Bertz CT molecular complexity index is 450.